The number of nitrogens with one attached hydrogen (secondary N) is 1. The molecule has 7 nitrogen and oxygen atoms in total. The van der Waals surface area contributed by atoms with Crippen LogP contribution in [0.4, 0.5) is 10.5 Å². The number of carbonyl (C=O) groups excluding carboxylic acids is 1. The Morgan fingerprint density at radius 2 is 1.77 bits per heavy atom. The second-order valence-electron chi connectivity index (χ2n) is 4.20. The Kier molecular flexibility index (Phi) is 4.47. The van der Waals surface area contributed by atoms with Crippen LogP contribution in [0.2, 0.25) is 0 Å². The van der Waals surface area contributed by atoms with E-state index in [4.69, 9.17) is 14.6 Å². The summed E-state index contributed by atoms with van der Waals surface area (Å²) in [6.07, 6.45) is -0.888. The molecule has 2 rings (SSSR count). The quantitative estimate of drug-likeness (QED) is 0.802. The summed E-state index contributed by atoms with van der Waals surface area (Å²) in [4.78, 5) is 22.9. The van der Waals surface area contributed by atoms with E-state index in [0.29, 0.717) is 5.75 Å². The molecule has 1 amide bonds. The lowest BCUT2D eigenvalue weighted by molar-refractivity contribution is 0.0695. The standard InChI is InChI=1S/C15H13NO6/c1-21-9-4-2-5-10(8-9)22-15(20)16-11-6-3-7-12(17)13(11)14(18)19/h2-8,17H,1H3,(H,16,20)(H,18,19). The topological polar surface area (TPSA) is 105 Å². The normalized spacial score (nSPS) is 9.86. The van der Waals surface area contributed by atoms with Gasteiger partial charge in [-0.1, -0.05) is 12.1 Å². The predicted octanol–water partition coefficient (Wildman–Crippen LogP) is 2.71. The van der Waals surface area contributed by atoms with Crippen LogP contribution in [0.15, 0.2) is 42.5 Å². The molecule has 0 heterocycles. The van der Waals surface area contributed by atoms with Crippen molar-refractivity contribution in [3.8, 4) is 17.2 Å². The fourth-order valence-corrected chi connectivity index (χ4v) is 1.78. The van der Waals surface area contributed by atoms with Gasteiger partial charge in [0, 0.05) is 6.07 Å². The van der Waals surface area contributed by atoms with Crippen LogP contribution in [0.3, 0.4) is 0 Å². The molecule has 0 radical (unpaired) electrons. The third kappa shape index (κ3) is 3.45. The Balaban J connectivity index is 2.16. The summed E-state index contributed by atoms with van der Waals surface area (Å²) in [5, 5.41) is 20.9. The van der Waals surface area contributed by atoms with Gasteiger partial charge in [0.25, 0.3) is 0 Å². The number of benzene rings is 2. The molecule has 0 aliphatic rings. The molecule has 7 heteroatoms. The van der Waals surface area contributed by atoms with Crippen molar-refractivity contribution < 1.29 is 29.3 Å². The minimum absolute atomic E-state index is 0.0691. The fourth-order valence-electron chi connectivity index (χ4n) is 1.78. The number of carboxylic acids is 1. The number of ether oxygens (including phenoxy) is 2. The molecule has 0 bridgehead atoms. The van der Waals surface area contributed by atoms with Crippen molar-refractivity contribution in [2.75, 3.05) is 12.4 Å². The van der Waals surface area contributed by atoms with Gasteiger partial charge >= 0.3 is 12.1 Å². The van der Waals surface area contributed by atoms with Crippen molar-refractivity contribution in [2.24, 2.45) is 0 Å². The highest BCUT2D eigenvalue weighted by Crippen LogP contribution is 2.26. The number of aromatic hydroxyl groups is 1. The van der Waals surface area contributed by atoms with E-state index in [1.165, 1.54) is 31.4 Å². The van der Waals surface area contributed by atoms with Gasteiger partial charge in [0.1, 0.15) is 22.8 Å². The zero-order valence-electron chi connectivity index (χ0n) is 11.6. The number of rotatable bonds is 4. The Morgan fingerprint density at radius 3 is 2.45 bits per heavy atom. The first kappa shape index (κ1) is 15.2. The lowest BCUT2D eigenvalue weighted by Crippen LogP contribution is -2.18. The zero-order chi connectivity index (χ0) is 16.1. The highest BCUT2D eigenvalue weighted by Gasteiger charge is 2.17. The summed E-state index contributed by atoms with van der Waals surface area (Å²) in [5.41, 5.74) is -0.481. The van der Waals surface area contributed by atoms with Crippen LogP contribution in [-0.4, -0.2) is 29.4 Å². The Hall–Kier alpha value is -3.22. The van der Waals surface area contributed by atoms with Crippen LogP contribution in [0.1, 0.15) is 10.4 Å². The molecule has 2 aromatic rings. The maximum Gasteiger partial charge on any atom is 0.417 e. The third-order valence-electron chi connectivity index (χ3n) is 2.74. The Bertz CT molecular complexity index is 713. The summed E-state index contributed by atoms with van der Waals surface area (Å²) in [7, 11) is 1.48. The molecule has 0 atom stereocenters. The van der Waals surface area contributed by atoms with Crippen LogP contribution in [0.25, 0.3) is 0 Å². The molecule has 0 aliphatic carbocycles. The second-order valence-corrected chi connectivity index (χ2v) is 4.20. The number of phenols is 1. The third-order valence-corrected chi connectivity index (χ3v) is 2.74. The zero-order valence-corrected chi connectivity index (χ0v) is 11.6. The van der Waals surface area contributed by atoms with E-state index in [0.717, 1.165) is 0 Å². The van der Waals surface area contributed by atoms with E-state index in [1.54, 1.807) is 18.2 Å². The van der Waals surface area contributed by atoms with Crippen molar-refractivity contribution in [1.82, 2.24) is 0 Å². The highest BCUT2D eigenvalue weighted by atomic mass is 16.6. The van der Waals surface area contributed by atoms with Crippen molar-refractivity contribution in [1.29, 1.82) is 0 Å². The number of amides is 1. The number of anilines is 1. The van der Waals surface area contributed by atoms with Crippen LogP contribution in [-0.2, 0) is 0 Å². The summed E-state index contributed by atoms with van der Waals surface area (Å²) < 4.78 is 10.0. The molecule has 0 spiro atoms. The summed E-state index contributed by atoms with van der Waals surface area (Å²) in [6, 6.07) is 10.3. The molecule has 22 heavy (non-hydrogen) atoms. The van der Waals surface area contributed by atoms with E-state index in [1.807, 2.05) is 0 Å². The molecule has 3 N–H and O–H groups in total. The smallest absolute Gasteiger partial charge is 0.417 e. The van der Waals surface area contributed by atoms with Gasteiger partial charge in [0.05, 0.1) is 12.8 Å². The lowest BCUT2D eigenvalue weighted by Gasteiger charge is -2.10. The maximum atomic E-state index is 11.8. The molecular formula is C15H13NO6. The van der Waals surface area contributed by atoms with Gasteiger partial charge in [-0.15, -0.1) is 0 Å². The van der Waals surface area contributed by atoms with Crippen molar-refractivity contribution in [3.63, 3.8) is 0 Å². The number of aromatic carboxylic acids is 1. The highest BCUT2D eigenvalue weighted by molar-refractivity contribution is 6.01. The van der Waals surface area contributed by atoms with Gasteiger partial charge in [-0.25, -0.2) is 9.59 Å². The molecule has 0 fully saturated rings. The van der Waals surface area contributed by atoms with Gasteiger partial charge in [0.15, 0.2) is 0 Å². The Morgan fingerprint density at radius 1 is 1.09 bits per heavy atom. The lowest BCUT2D eigenvalue weighted by atomic mass is 10.1. The van der Waals surface area contributed by atoms with E-state index in [2.05, 4.69) is 5.32 Å². The maximum absolute atomic E-state index is 11.8. The van der Waals surface area contributed by atoms with Crippen molar-refractivity contribution >= 4 is 17.7 Å². The predicted molar refractivity (Wildman–Crippen MR) is 77.7 cm³/mol. The Labute approximate surface area is 125 Å². The van der Waals surface area contributed by atoms with Gasteiger partial charge < -0.3 is 19.7 Å². The van der Waals surface area contributed by atoms with Crippen molar-refractivity contribution in [3.05, 3.63) is 48.0 Å². The van der Waals surface area contributed by atoms with Gasteiger partial charge in [-0.05, 0) is 24.3 Å². The first-order valence-corrected chi connectivity index (χ1v) is 6.19. The molecule has 114 valence electrons. The first-order chi connectivity index (χ1) is 10.5. The van der Waals surface area contributed by atoms with Crippen LogP contribution in [0, 0.1) is 0 Å². The number of carboxylic acid groups (broad SMARTS) is 1. The average molecular weight is 303 g/mol. The summed E-state index contributed by atoms with van der Waals surface area (Å²) in [6.45, 7) is 0. The molecule has 0 saturated heterocycles. The number of hydrogen-bond acceptors (Lipinski definition) is 5. The van der Waals surface area contributed by atoms with Crippen LogP contribution >= 0.6 is 0 Å². The SMILES string of the molecule is COc1cccc(OC(=O)Nc2cccc(O)c2C(=O)O)c1. The molecule has 0 aromatic heterocycles. The minimum atomic E-state index is -1.37. The monoisotopic (exact) mass is 303 g/mol. The average Bonchev–Trinajstić information content (AvgIpc) is 2.47. The fraction of sp³-hybridized carbons (Fsp3) is 0.0667. The molecule has 0 unspecified atom stereocenters. The minimum Gasteiger partial charge on any atom is -0.507 e. The summed E-state index contributed by atoms with van der Waals surface area (Å²) >= 11 is 0. The van der Waals surface area contributed by atoms with Gasteiger partial charge in [0.2, 0.25) is 0 Å². The van der Waals surface area contributed by atoms with E-state index in [9.17, 15) is 14.7 Å². The largest absolute Gasteiger partial charge is 0.507 e. The van der Waals surface area contributed by atoms with Crippen LogP contribution in [0.5, 0.6) is 17.2 Å². The van der Waals surface area contributed by atoms with Crippen molar-refractivity contribution in [2.45, 2.75) is 0 Å². The van der Waals surface area contributed by atoms with E-state index in [-0.39, 0.29) is 11.4 Å². The van der Waals surface area contributed by atoms with Gasteiger partial charge in [-0.2, -0.15) is 0 Å². The van der Waals surface area contributed by atoms with E-state index < -0.39 is 23.4 Å². The first-order valence-electron chi connectivity index (χ1n) is 6.19. The number of carbonyl (C=O) groups is 2. The molecular weight excluding hydrogens is 290 g/mol. The molecule has 2 aromatic carbocycles. The summed E-state index contributed by atoms with van der Waals surface area (Å²) in [5.74, 6) is -1.08. The molecule has 0 saturated carbocycles. The van der Waals surface area contributed by atoms with Gasteiger partial charge in [-0.3, -0.25) is 5.32 Å². The van der Waals surface area contributed by atoms with E-state index >= 15 is 0 Å². The van der Waals surface area contributed by atoms with Crippen LogP contribution < -0.4 is 14.8 Å². The number of methoxy groups -OCH3 is 1. The second kappa shape index (κ2) is 6.49. The molecule has 0 aliphatic heterocycles. The number of hydrogen-bond donors (Lipinski definition) is 3.